The smallest absolute Gasteiger partial charge is 0.250 e. The van der Waals surface area contributed by atoms with E-state index in [2.05, 4.69) is 30.6 Å². The molecule has 2 fully saturated rings. The molecule has 3 aromatic rings. The van der Waals surface area contributed by atoms with Gasteiger partial charge in [-0.3, -0.25) is 9.69 Å². The van der Waals surface area contributed by atoms with E-state index in [4.69, 9.17) is 14.6 Å². The minimum Gasteiger partial charge on any atom is -0.496 e. The minimum atomic E-state index is -0.297. The predicted molar refractivity (Wildman–Crippen MR) is 143 cm³/mol. The number of hydrogen-bond acceptors (Lipinski definition) is 6. The van der Waals surface area contributed by atoms with Crippen molar-refractivity contribution in [2.24, 2.45) is 7.05 Å². The van der Waals surface area contributed by atoms with Gasteiger partial charge in [-0.15, -0.1) is 0 Å². The monoisotopic (exact) mass is 511 g/mol. The van der Waals surface area contributed by atoms with Crippen molar-refractivity contribution in [3.8, 4) is 5.75 Å². The molecule has 2 aliphatic heterocycles. The van der Waals surface area contributed by atoms with E-state index in [1.807, 2.05) is 23.9 Å². The fourth-order valence-electron chi connectivity index (χ4n) is 6.03. The first-order chi connectivity index (χ1) is 17.8. The number of pyridine rings is 1. The number of fused-ring (bicyclic) bond motifs is 1. The van der Waals surface area contributed by atoms with Gasteiger partial charge in [-0.25, -0.2) is 9.07 Å². The van der Waals surface area contributed by atoms with Crippen molar-refractivity contribution in [3.05, 3.63) is 52.1 Å². The van der Waals surface area contributed by atoms with Crippen molar-refractivity contribution in [3.63, 3.8) is 0 Å². The maximum absolute atomic E-state index is 13.9. The predicted octanol–water partition coefficient (Wildman–Crippen LogP) is 4.63. The Bertz CT molecular complexity index is 1320. The Morgan fingerprint density at radius 3 is 2.73 bits per heavy atom. The molecule has 0 radical (unpaired) electrons. The van der Waals surface area contributed by atoms with E-state index in [-0.39, 0.29) is 35.7 Å². The molecule has 0 amide bonds. The lowest BCUT2D eigenvalue weighted by atomic mass is 9.98. The highest BCUT2D eigenvalue weighted by atomic mass is 19.1. The van der Waals surface area contributed by atoms with E-state index in [1.165, 1.54) is 12.1 Å². The summed E-state index contributed by atoms with van der Waals surface area (Å²) in [4.78, 5) is 17.6. The van der Waals surface area contributed by atoms with Crippen LogP contribution in [0.2, 0.25) is 0 Å². The Kier molecular flexibility index (Phi) is 7.27. The molecule has 5 rings (SSSR count). The molecule has 0 aliphatic carbocycles. The summed E-state index contributed by atoms with van der Waals surface area (Å²) in [5.74, 6) is 1.24. The Balaban J connectivity index is 1.54. The number of piperazine rings is 1. The Labute approximate surface area is 217 Å². The van der Waals surface area contributed by atoms with Crippen LogP contribution in [0.4, 0.5) is 10.2 Å². The highest BCUT2D eigenvalue weighted by Crippen LogP contribution is 2.38. The molecule has 2 unspecified atom stereocenters. The normalized spacial score (nSPS) is 23.9. The standard InChI is InChI=1S/C28H38FN5O3/c1-6-21-17-32(18(2)16-33(21)19(3)22-11-10-20(29)15-24(22)36-5)28-27-23(12-13-25(35)31(27)4)30-34(28)26-9-7-8-14-37-26/h10-13,15,18-19,21,26H,6-9,14,16-17H2,1-5H3/t18-,19?,21+,26?/m0/s1. The van der Waals surface area contributed by atoms with Crippen LogP contribution in [0.1, 0.15) is 64.3 Å². The van der Waals surface area contributed by atoms with Crippen molar-refractivity contribution >= 4 is 16.9 Å². The highest BCUT2D eigenvalue weighted by molar-refractivity contribution is 5.87. The molecule has 4 heterocycles. The fourth-order valence-corrected chi connectivity index (χ4v) is 6.03. The summed E-state index contributed by atoms with van der Waals surface area (Å²) < 4.78 is 29.3. The van der Waals surface area contributed by atoms with Crippen molar-refractivity contribution in [1.29, 1.82) is 0 Å². The third-order valence-electron chi connectivity index (χ3n) is 8.14. The average molecular weight is 512 g/mol. The van der Waals surface area contributed by atoms with Gasteiger partial charge in [0.05, 0.1) is 7.11 Å². The number of rotatable bonds is 6. The summed E-state index contributed by atoms with van der Waals surface area (Å²) in [6, 6.07) is 8.65. The van der Waals surface area contributed by atoms with Gasteiger partial charge >= 0.3 is 0 Å². The molecule has 2 saturated heterocycles. The van der Waals surface area contributed by atoms with Crippen molar-refractivity contribution < 1.29 is 13.9 Å². The second-order valence-electron chi connectivity index (χ2n) is 10.4. The molecule has 2 aliphatic rings. The van der Waals surface area contributed by atoms with Crippen LogP contribution in [-0.2, 0) is 11.8 Å². The molecule has 2 aromatic heterocycles. The topological polar surface area (TPSA) is 64.8 Å². The maximum atomic E-state index is 13.9. The van der Waals surface area contributed by atoms with E-state index in [0.717, 1.165) is 67.8 Å². The van der Waals surface area contributed by atoms with Crippen LogP contribution in [-0.4, -0.2) is 58.1 Å². The fraction of sp³-hybridized carbons (Fsp3) is 0.571. The number of ether oxygens (including phenoxy) is 2. The Morgan fingerprint density at radius 2 is 2.03 bits per heavy atom. The van der Waals surface area contributed by atoms with E-state index >= 15 is 0 Å². The van der Waals surface area contributed by atoms with Gasteiger partial charge in [0, 0.05) is 62.6 Å². The molecule has 0 spiro atoms. The lowest BCUT2D eigenvalue weighted by molar-refractivity contribution is -0.0386. The van der Waals surface area contributed by atoms with Crippen molar-refractivity contribution in [1.82, 2.24) is 19.2 Å². The van der Waals surface area contributed by atoms with Crippen LogP contribution in [0, 0.1) is 5.82 Å². The Morgan fingerprint density at radius 1 is 1.22 bits per heavy atom. The van der Waals surface area contributed by atoms with Gasteiger partial charge in [-0.2, -0.15) is 5.10 Å². The summed E-state index contributed by atoms with van der Waals surface area (Å²) >= 11 is 0. The molecule has 8 nitrogen and oxygen atoms in total. The minimum absolute atomic E-state index is 0.0479. The van der Waals surface area contributed by atoms with Gasteiger partial charge in [0.2, 0.25) is 0 Å². The number of benzene rings is 1. The van der Waals surface area contributed by atoms with E-state index in [1.54, 1.807) is 17.7 Å². The van der Waals surface area contributed by atoms with Gasteiger partial charge in [0.25, 0.3) is 5.56 Å². The lowest BCUT2D eigenvalue weighted by Gasteiger charge is -2.49. The largest absolute Gasteiger partial charge is 0.496 e. The number of aryl methyl sites for hydroxylation is 1. The zero-order valence-corrected chi connectivity index (χ0v) is 22.5. The molecule has 37 heavy (non-hydrogen) atoms. The molecule has 4 atom stereocenters. The SMILES string of the molecule is CC[C@@H]1CN(c2c3c(ccc(=O)n3C)nn2C2CCCCO2)[C@@H](C)CN1C(C)c1ccc(F)cc1OC. The van der Waals surface area contributed by atoms with Crippen LogP contribution in [0.5, 0.6) is 5.75 Å². The highest BCUT2D eigenvalue weighted by Gasteiger charge is 2.38. The molecule has 0 N–H and O–H groups in total. The van der Waals surface area contributed by atoms with Gasteiger partial charge < -0.3 is 18.9 Å². The second kappa shape index (κ2) is 10.5. The molecule has 0 saturated carbocycles. The number of methoxy groups -OCH3 is 1. The quantitative estimate of drug-likeness (QED) is 0.481. The van der Waals surface area contributed by atoms with Gasteiger partial charge in [0.15, 0.2) is 12.0 Å². The number of nitrogens with zero attached hydrogens (tertiary/aromatic N) is 5. The van der Waals surface area contributed by atoms with E-state index in [9.17, 15) is 9.18 Å². The van der Waals surface area contributed by atoms with Crippen LogP contribution in [0.3, 0.4) is 0 Å². The first-order valence-electron chi connectivity index (χ1n) is 13.4. The molecule has 0 bridgehead atoms. The number of aromatic nitrogens is 3. The Hall–Kier alpha value is -2.91. The third kappa shape index (κ3) is 4.63. The first-order valence-corrected chi connectivity index (χ1v) is 13.4. The maximum Gasteiger partial charge on any atom is 0.250 e. The zero-order valence-electron chi connectivity index (χ0n) is 22.5. The molecule has 1 aromatic carbocycles. The van der Waals surface area contributed by atoms with Gasteiger partial charge in [-0.1, -0.05) is 13.0 Å². The number of hydrogen-bond donors (Lipinski definition) is 0. The summed E-state index contributed by atoms with van der Waals surface area (Å²) in [7, 11) is 3.41. The summed E-state index contributed by atoms with van der Waals surface area (Å²) in [6.07, 6.45) is 3.86. The zero-order chi connectivity index (χ0) is 26.3. The van der Waals surface area contributed by atoms with Crippen LogP contribution in [0.15, 0.2) is 35.1 Å². The second-order valence-corrected chi connectivity index (χ2v) is 10.4. The number of halogens is 1. The van der Waals surface area contributed by atoms with E-state index < -0.39 is 0 Å². The van der Waals surface area contributed by atoms with E-state index in [0.29, 0.717) is 5.75 Å². The van der Waals surface area contributed by atoms with Gasteiger partial charge in [-0.05, 0) is 51.7 Å². The summed E-state index contributed by atoms with van der Waals surface area (Å²) in [5.41, 5.74) is 2.59. The third-order valence-corrected chi connectivity index (χ3v) is 8.14. The van der Waals surface area contributed by atoms with Crippen molar-refractivity contribution in [2.45, 2.75) is 70.8 Å². The lowest BCUT2D eigenvalue weighted by Crippen LogP contribution is -2.58. The van der Waals surface area contributed by atoms with Crippen molar-refractivity contribution in [2.75, 3.05) is 31.7 Å². The molecule has 9 heteroatoms. The van der Waals surface area contributed by atoms with Crippen LogP contribution in [0.25, 0.3) is 11.0 Å². The molecule has 200 valence electrons. The first kappa shape index (κ1) is 25.7. The van der Waals surface area contributed by atoms with Gasteiger partial charge in [0.1, 0.15) is 22.6 Å². The molecular weight excluding hydrogens is 473 g/mol. The molecular formula is C28H38FN5O3. The summed E-state index contributed by atoms with van der Waals surface area (Å²) in [6.45, 7) is 8.90. The van der Waals surface area contributed by atoms with Crippen LogP contribution >= 0.6 is 0 Å². The summed E-state index contributed by atoms with van der Waals surface area (Å²) in [5, 5.41) is 4.96. The average Bonchev–Trinajstić information content (AvgIpc) is 3.30. The number of anilines is 1. The van der Waals surface area contributed by atoms with Crippen LogP contribution < -0.4 is 15.2 Å².